The van der Waals surface area contributed by atoms with Crippen molar-refractivity contribution >= 4 is 11.8 Å². The fraction of sp³-hybridized carbons (Fsp3) is 0.818. The highest BCUT2D eigenvalue weighted by atomic mass is 16.2. The van der Waals surface area contributed by atoms with Crippen molar-refractivity contribution in [1.82, 2.24) is 10.6 Å². The summed E-state index contributed by atoms with van der Waals surface area (Å²) in [6.45, 7) is 8.54. The number of hydrogen-bond acceptors (Lipinski definition) is 2. The molecule has 0 rings (SSSR count). The first-order valence-electron chi connectivity index (χ1n) is 5.56. The zero-order chi connectivity index (χ0) is 11.8. The molecule has 0 spiro atoms. The first-order chi connectivity index (χ1) is 6.97. The molecule has 2 N–H and O–H groups in total. The lowest BCUT2D eigenvalue weighted by Crippen LogP contribution is -2.43. The lowest BCUT2D eigenvalue weighted by molar-refractivity contribution is -0.139. The first-order valence-corrected chi connectivity index (χ1v) is 5.56. The highest BCUT2D eigenvalue weighted by Crippen LogP contribution is 1.96. The fourth-order valence-electron chi connectivity index (χ4n) is 0.946. The number of amides is 2. The summed E-state index contributed by atoms with van der Waals surface area (Å²) in [7, 11) is 0. The third-order valence-corrected chi connectivity index (χ3v) is 2.20. The van der Waals surface area contributed by atoms with E-state index in [1.165, 1.54) is 0 Å². The molecule has 0 aromatic carbocycles. The van der Waals surface area contributed by atoms with Gasteiger partial charge in [0.25, 0.3) is 0 Å². The molecule has 4 nitrogen and oxygen atoms in total. The van der Waals surface area contributed by atoms with Gasteiger partial charge in [0.05, 0.1) is 0 Å². The summed E-state index contributed by atoms with van der Waals surface area (Å²) >= 11 is 0. The summed E-state index contributed by atoms with van der Waals surface area (Å²) in [5.74, 6) is -0.535. The van der Waals surface area contributed by atoms with Crippen molar-refractivity contribution in [2.75, 3.05) is 6.54 Å². The van der Waals surface area contributed by atoms with Crippen LogP contribution < -0.4 is 10.6 Å². The number of rotatable bonds is 5. The summed E-state index contributed by atoms with van der Waals surface area (Å²) in [6, 6.07) is 0.0494. The van der Waals surface area contributed by atoms with E-state index < -0.39 is 11.8 Å². The van der Waals surface area contributed by atoms with Gasteiger partial charge >= 0.3 is 11.8 Å². The smallest absolute Gasteiger partial charge is 0.309 e. The van der Waals surface area contributed by atoms with Crippen LogP contribution in [0, 0.1) is 5.92 Å². The normalized spacial score (nSPS) is 12.3. The van der Waals surface area contributed by atoms with E-state index in [1.54, 1.807) is 0 Å². The van der Waals surface area contributed by atoms with Gasteiger partial charge in [0.1, 0.15) is 0 Å². The van der Waals surface area contributed by atoms with Gasteiger partial charge in [-0.3, -0.25) is 9.59 Å². The van der Waals surface area contributed by atoms with Crippen molar-refractivity contribution in [3.8, 4) is 0 Å². The molecule has 4 heteroatoms. The van der Waals surface area contributed by atoms with Crippen LogP contribution in [-0.4, -0.2) is 24.4 Å². The van der Waals surface area contributed by atoms with Crippen molar-refractivity contribution in [2.45, 2.75) is 46.6 Å². The molecular weight excluding hydrogens is 192 g/mol. The van der Waals surface area contributed by atoms with E-state index in [9.17, 15) is 9.59 Å². The van der Waals surface area contributed by atoms with Crippen LogP contribution in [0.5, 0.6) is 0 Å². The molecule has 0 aromatic heterocycles. The highest BCUT2D eigenvalue weighted by Gasteiger charge is 2.14. The van der Waals surface area contributed by atoms with Gasteiger partial charge in [0.2, 0.25) is 0 Å². The van der Waals surface area contributed by atoms with E-state index >= 15 is 0 Å². The lowest BCUT2D eigenvalue weighted by atomic mass is 10.1. The molecule has 0 unspecified atom stereocenters. The monoisotopic (exact) mass is 214 g/mol. The molecule has 0 aliphatic carbocycles. The van der Waals surface area contributed by atoms with Crippen molar-refractivity contribution in [3.63, 3.8) is 0 Å². The molecule has 0 aliphatic heterocycles. The van der Waals surface area contributed by atoms with Crippen LogP contribution in [0.25, 0.3) is 0 Å². The Kier molecular flexibility index (Phi) is 6.75. The van der Waals surface area contributed by atoms with Crippen LogP contribution in [0.4, 0.5) is 0 Å². The number of hydrogen-bond donors (Lipinski definition) is 2. The maximum absolute atomic E-state index is 11.3. The molecular formula is C11H22N2O2. The van der Waals surface area contributed by atoms with Crippen LogP contribution >= 0.6 is 0 Å². The van der Waals surface area contributed by atoms with E-state index in [0.717, 1.165) is 12.8 Å². The third kappa shape index (κ3) is 6.94. The summed E-state index contributed by atoms with van der Waals surface area (Å²) in [5.41, 5.74) is 0. The minimum atomic E-state index is -0.534. The van der Waals surface area contributed by atoms with Gasteiger partial charge < -0.3 is 10.6 Å². The summed E-state index contributed by atoms with van der Waals surface area (Å²) in [6.07, 6.45) is 1.72. The third-order valence-electron chi connectivity index (χ3n) is 2.20. The maximum Gasteiger partial charge on any atom is 0.309 e. The molecule has 0 radical (unpaired) electrons. The molecule has 0 saturated heterocycles. The average Bonchev–Trinajstić information content (AvgIpc) is 2.16. The lowest BCUT2D eigenvalue weighted by Gasteiger charge is -2.11. The van der Waals surface area contributed by atoms with Gasteiger partial charge in [-0.1, -0.05) is 20.8 Å². The quantitative estimate of drug-likeness (QED) is 0.672. The van der Waals surface area contributed by atoms with E-state index in [-0.39, 0.29) is 6.04 Å². The SMILES string of the molecule is CC[C@H](C)NC(=O)C(=O)NCCC(C)C. The van der Waals surface area contributed by atoms with Crippen LogP contribution in [0.1, 0.15) is 40.5 Å². The van der Waals surface area contributed by atoms with E-state index in [4.69, 9.17) is 0 Å². The summed E-state index contributed by atoms with van der Waals surface area (Å²) in [5, 5.41) is 5.21. The molecule has 88 valence electrons. The fourth-order valence-corrected chi connectivity index (χ4v) is 0.946. The zero-order valence-electron chi connectivity index (χ0n) is 10.1. The van der Waals surface area contributed by atoms with Crippen molar-refractivity contribution in [3.05, 3.63) is 0 Å². The van der Waals surface area contributed by atoms with Gasteiger partial charge in [-0.25, -0.2) is 0 Å². The van der Waals surface area contributed by atoms with Crippen LogP contribution in [0.15, 0.2) is 0 Å². The topological polar surface area (TPSA) is 58.2 Å². The molecule has 0 heterocycles. The molecule has 0 fully saturated rings. The van der Waals surface area contributed by atoms with E-state index in [0.29, 0.717) is 12.5 Å². The Morgan fingerprint density at radius 2 is 1.73 bits per heavy atom. The van der Waals surface area contributed by atoms with Gasteiger partial charge in [-0.2, -0.15) is 0 Å². The molecule has 0 bridgehead atoms. The Morgan fingerprint density at radius 3 is 2.20 bits per heavy atom. The van der Waals surface area contributed by atoms with Crippen molar-refractivity contribution in [1.29, 1.82) is 0 Å². The number of nitrogens with one attached hydrogen (secondary N) is 2. The zero-order valence-corrected chi connectivity index (χ0v) is 10.1. The molecule has 2 amide bonds. The largest absolute Gasteiger partial charge is 0.348 e. The van der Waals surface area contributed by atoms with Crippen LogP contribution in [-0.2, 0) is 9.59 Å². The second kappa shape index (κ2) is 7.26. The van der Waals surface area contributed by atoms with E-state index in [2.05, 4.69) is 24.5 Å². The van der Waals surface area contributed by atoms with E-state index in [1.807, 2.05) is 13.8 Å². The van der Waals surface area contributed by atoms with Gasteiger partial charge in [-0.15, -0.1) is 0 Å². The number of carbonyl (C=O) groups is 2. The molecule has 0 aromatic rings. The van der Waals surface area contributed by atoms with Crippen molar-refractivity contribution in [2.24, 2.45) is 5.92 Å². The minimum Gasteiger partial charge on any atom is -0.348 e. The Hall–Kier alpha value is -1.06. The van der Waals surface area contributed by atoms with Crippen LogP contribution in [0.3, 0.4) is 0 Å². The Labute approximate surface area is 91.8 Å². The Morgan fingerprint density at radius 1 is 1.13 bits per heavy atom. The first kappa shape index (κ1) is 13.9. The van der Waals surface area contributed by atoms with Crippen LogP contribution in [0.2, 0.25) is 0 Å². The Balaban J connectivity index is 3.75. The number of carbonyl (C=O) groups excluding carboxylic acids is 2. The highest BCUT2D eigenvalue weighted by molar-refractivity contribution is 6.35. The molecule has 0 saturated carbocycles. The maximum atomic E-state index is 11.3. The van der Waals surface area contributed by atoms with Gasteiger partial charge in [-0.05, 0) is 25.7 Å². The second-order valence-corrected chi connectivity index (χ2v) is 4.22. The van der Waals surface area contributed by atoms with Gasteiger partial charge in [0, 0.05) is 12.6 Å². The second-order valence-electron chi connectivity index (χ2n) is 4.22. The minimum absolute atomic E-state index is 0.0494. The molecule has 0 aliphatic rings. The average molecular weight is 214 g/mol. The summed E-state index contributed by atoms with van der Waals surface area (Å²) in [4.78, 5) is 22.5. The predicted molar refractivity (Wildman–Crippen MR) is 60.4 cm³/mol. The molecule has 1 atom stereocenters. The van der Waals surface area contributed by atoms with Crippen molar-refractivity contribution < 1.29 is 9.59 Å². The predicted octanol–water partition coefficient (Wildman–Crippen LogP) is 1.06. The van der Waals surface area contributed by atoms with Gasteiger partial charge in [0.15, 0.2) is 0 Å². The summed E-state index contributed by atoms with van der Waals surface area (Å²) < 4.78 is 0. The molecule has 15 heavy (non-hydrogen) atoms. The standard InChI is InChI=1S/C11H22N2O2/c1-5-9(4)13-11(15)10(14)12-7-6-8(2)3/h8-9H,5-7H2,1-4H3,(H,12,14)(H,13,15)/t9-/m0/s1. The Bertz CT molecular complexity index is 215.